The van der Waals surface area contributed by atoms with Crippen molar-refractivity contribution in [1.29, 1.82) is 0 Å². The van der Waals surface area contributed by atoms with E-state index in [0.29, 0.717) is 13.0 Å². The van der Waals surface area contributed by atoms with Gasteiger partial charge >= 0.3 is 0 Å². The molecule has 0 saturated carbocycles. The normalized spacial score (nSPS) is 11.9. The summed E-state index contributed by atoms with van der Waals surface area (Å²) in [4.78, 5) is 13.1. The number of hydrogen-bond donors (Lipinski definition) is 1. The zero-order valence-corrected chi connectivity index (χ0v) is 20.6. The van der Waals surface area contributed by atoms with Gasteiger partial charge in [0, 0.05) is 36.0 Å². The van der Waals surface area contributed by atoms with Crippen molar-refractivity contribution in [3.63, 3.8) is 0 Å². The van der Waals surface area contributed by atoms with E-state index in [1.165, 1.54) is 11.1 Å². The Balaban J connectivity index is 1.49. The first-order valence-electron chi connectivity index (χ1n) is 12.2. The van der Waals surface area contributed by atoms with Gasteiger partial charge in [0.25, 0.3) is 0 Å². The third-order valence-corrected chi connectivity index (χ3v) is 6.62. The fraction of sp³-hybridized carbons (Fsp3) is 0.194. The quantitative estimate of drug-likeness (QED) is 0.265. The number of hydrogen-bond acceptors (Lipinski definition) is 3. The van der Waals surface area contributed by atoms with Crippen molar-refractivity contribution in [3.8, 4) is 5.75 Å². The highest BCUT2D eigenvalue weighted by molar-refractivity contribution is 5.86. The first-order chi connectivity index (χ1) is 17.6. The number of ether oxygens (including phenoxy) is 1. The highest BCUT2D eigenvalue weighted by Crippen LogP contribution is 2.35. The number of amides is 1. The molecule has 0 aliphatic rings. The molecule has 0 aliphatic carbocycles. The van der Waals surface area contributed by atoms with E-state index in [1.54, 1.807) is 13.4 Å². The average Bonchev–Trinajstić information content (AvgIpc) is 3.56. The third-order valence-electron chi connectivity index (χ3n) is 6.62. The van der Waals surface area contributed by atoms with E-state index in [9.17, 15) is 4.79 Å². The Morgan fingerprint density at radius 2 is 1.75 bits per heavy atom. The number of benzene rings is 3. The minimum absolute atomic E-state index is 0.0102. The Morgan fingerprint density at radius 1 is 0.972 bits per heavy atom. The number of furan rings is 1. The number of carbonyl (C=O) groups excluding carboxylic acids is 1. The SMILES string of the molecule is COc1ccc(Cn2cc([C@H](CC(=O)NCc3ccco3)c3ccc(C)cc3)c3ccccc32)cc1. The molecule has 182 valence electrons. The monoisotopic (exact) mass is 478 g/mol. The number of para-hydroxylation sites is 1. The van der Waals surface area contributed by atoms with Gasteiger partial charge in [-0.05, 0) is 53.9 Å². The fourth-order valence-electron chi connectivity index (χ4n) is 4.67. The van der Waals surface area contributed by atoms with E-state index >= 15 is 0 Å². The van der Waals surface area contributed by atoms with Crippen molar-refractivity contribution in [1.82, 2.24) is 9.88 Å². The summed E-state index contributed by atoms with van der Waals surface area (Å²) in [6.45, 7) is 3.19. The van der Waals surface area contributed by atoms with Crippen molar-refractivity contribution in [2.24, 2.45) is 0 Å². The maximum Gasteiger partial charge on any atom is 0.221 e. The van der Waals surface area contributed by atoms with Crippen molar-refractivity contribution >= 4 is 16.8 Å². The van der Waals surface area contributed by atoms with E-state index in [1.807, 2.05) is 24.3 Å². The van der Waals surface area contributed by atoms with Crippen LogP contribution in [-0.4, -0.2) is 17.6 Å². The Hall–Kier alpha value is -4.25. The van der Waals surface area contributed by atoms with Gasteiger partial charge in [-0.25, -0.2) is 0 Å². The number of fused-ring (bicyclic) bond motifs is 1. The van der Waals surface area contributed by atoms with Crippen molar-refractivity contribution in [3.05, 3.63) is 125 Å². The molecule has 2 aromatic heterocycles. The molecule has 1 N–H and O–H groups in total. The lowest BCUT2D eigenvalue weighted by atomic mass is 9.87. The summed E-state index contributed by atoms with van der Waals surface area (Å²) < 4.78 is 13.0. The number of nitrogens with one attached hydrogen (secondary N) is 1. The summed E-state index contributed by atoms with van der Waals surface area (Å²) in [5, 5.41) is 4.18. The van der Waals surface area contributed by atoms with Crippen LogP contribution < -0.4 is 10.1 Å². The van der Waals surface area contributed by atoms with Crippen LogP contribution in [0.4, 0.5) is 0 Å². The minimum Gasteiger partial charge on any atom is -0.497 e. The summed E-state index contributed by atoms with van der Waals surface area (Å²) in [5.41, 5.74) is 5.81. The van der Waals surface area contributed by atoms with Crippen LogP contribution >= 0.6 is 0 Å². The highest BCUT2D eigenvalue weighted by atomic mass is 16.5. The molecule has 5 nitrogen and oxygen atoms in total. The predicted octanol–water partition coefficient (Wildman–Crippen LogP) is 6.44. The van der Waals surface area contributed by atoms with Gasteiger partial charge in [0.15, 0.2) is 0 Å². The molecule has 5 heteroatoms. The molecule has 0 radical (unpaired) electrons. The molecule has 0 fully saturated rings. The summed E-state index contributed by atoms with van der Waals surface area (Å²) in [6.07, 6.45) is 4.17. The lowest BCUT2D eigenvalue weighted by Crippen LogP contribution is -2.24. The Bertz CT molecular complexity index is 1430. The number of nitrogens with zero attached hydrogens (tertiary/aromatic N) is 1. The van der Waals surface area contributed by atoms with Gasteiger partial charge in [-0.1, -0.05) is 60.2 Å². The van der Waals surface area contributed by atoms with Gasteiger partial charge in [-0.15, -0.1) is 0 Å². The molecule has 0 unspecified atom stereocenters. The van der Waals surface area contributed by atoms with Gasteiger partial charge < -0.3 is 19.0 Å². The average molecular weight is 479 g/mol. The van der Waals surface area contributed by atoms with Crippen LogP contribution in [0.5, 0.6) is 5.75 Å². The van der Waals surface area contributed by atoms with E-state index in [-0.39, 0.29) is 11.8 Å². The van der Waals surface area contributed by atoms with Crippen molar-refractivity contribution < 1.29 is 13.9 Å². The number of methoxy groups -OCH3 is 1. The molecular weight excluding hydrogens is 448 g/mol. The molecule has 0 bridgehead atoms. The van der Waals surface area contributed by atoms with Gasteiger partial charge in [0.05, 0.1) is 19.9 Å². The second-order valence-corrected chi connectivity index (χ2v) is 9.10. The molecule has 1 amide bonds. The van der Waals surface area contributed by atoms with Gasteiger partial charge in [-0.3, -0.25) is 4.79 Å². The molecule has 5 rings (SSSR count). The van der Waals surface area contributed by atoms with Crippen LogP contribution in [0.1, 0.15) is 40.4 Å². The maximum absolute atomic E-state index is 13.1. The highest BCUT2D eigenvalue weighted by Gasteiger charge is 2.23. The first-order valence-corrected chi connectivity index (χ1v) is 12.2. The van der Waals surface area contributed by atoms with Crippen molar-refractivity contribution in [2.75, 3.05) is 7.11 Å². The molecule has 0 aliphatic heterocycles. The lowest BCUT2D eigenvalue weighted by Gasteiger charge is -2.17. The Labute approximate surface area is 211 Å². The lowest BCUT2D eigenvalue weighted by molar-refractivity contribution is -0.121. The number of aromatic nitrogens is 1. The van der Waals surface area contributed by atoms with Crippen LogP contribution in [0, 0.1) is 6.92 Å². The molecular formula is C31H30N2O3. The Morgan fingerprint density at radius 3 is 2.47 bits per heavy atom. The van der Waals surface area contributed by atoms with Crippen LogP contribution in [0.15, 0.2) is 102 Å². The molecule has 0 saturated heterocycles. The molecule has 5 aromatic rings. The number of aryl methyl sites for hydroxylation is 1. The summed E-state index contributed by atoms with van der Waals surface area (Å²) >= 11 is 0. The third kappa shape index (κ3) is 5.20. The van der Waals surface area contributed by atoms with Crippen LogP contribution in [-0.2, 0) is 17.9 Å². The molecule has 1 atom stereocenters. The van der Waals surface area contributed by atoms with Gasteiger partial charge in [0.1, 0.15) is 11.5 Å². The maximum atomic E-state index is 13.1. The van der Waals surface area contributed by atoms with Crippen LogP contribution in [0.25, 0.3) is 10.9 Å². The molecule has 2 heterocycles. The fourth-order valence-corrected chi connectivity index (χ4v) is 4.67. The minimum atomic E-state index is -0.0794. The van der Waals surface area contributed by atoms with Crippen molar-refractivity contribution in [2.45, 2.75) is 32.4 Å². The predicted molar refractivity (Wildman–Crippen MR) is 142 cm³/mol. The number of carbonyl (C=O) groups is 1. The van der Waals surface area contributed by atoms with Gasteiger partial charge in [0.2, 0.25) is 5.91 Å². The topological polar surface area (TPSA) is 56.4 Å². The Kier molecular flexibility index (Phi) is 6.89. The van der Waals surface area contributed by atoms with Gasteiger partial charge in [-0.2, -0.15) is 0 Å². The van der Waals surface area contributed by atoms with Crippen LogP contribution in [0.3, 0.4) is 0 Å². The van der Waals surface area contributed by atoms with E-state index in [0.717, 1.165) is 40.1 Å². The summed E-state index contributed by atoms with van der Waals surface area (Å²) in [7, 11) is 1.68. The second-order valence-electron chi connectivity index (χ2n) is 9.10. The molecule has 3 aromatic carbocycles. The molecule has 36 heavy (non-hydrogen) atoms. The first kappa shape index (κ1) is 23.5. The summed E-state index contributed by atoms with van der Waals surface area (Å²) in [5.74, 6) is 1.50. The zero-order valence-electron chi connectivity index (χ0n) is 20.6. The second kappa shape index (κ2) is 10.6. The smallest absolute Gasteiger partial charge is 0.221 e. The summed E-state index contributed by atoms with van der Waals surface area (Å²) in [6, 6.07) is 28.8. The zero-order chi connectivity index (χ0) is 24.9. The van der Waals surface area contributed by atoms with Crippen LogP contribution in [0.2, 0.25) is 0 Å². The molecule has 0 spiro atoms. The number of rotatable bonds is 9. The largest absolute Gasteiger partial charge is 0.497 e. The van der Waals surface area contributed by atoms with E-state index < -0.39 is 0 Å². The van der Waals surface area contributed by atoms with E-state index in [4.69, 9.17) is 9.15 Å². The standard InChI is InChI=1S/C31H30N2O3/c1-22-9-13-24(14-10-22)28(18-31(34)32-19-26-6-5-17-36-26)29-21-33(30-8-4-3-7-27(29)30)20-23-11-15-25(35-2)16-12-23/h3-17,21,28H,18-20H2,1-2H3,(H,32,34)/t28-/m1/s1. The van der Waals surface area contributed by atoms with E-state index in [2.05, 4.69) is 83.7 Å².